The van der Waals surface area contributed by atoms with Crippen LogP contribution < -0.4 is 11.1 Å². The fourth-order valence-corrected chi connectivity index (χ4v) is 2.26. The van der Waals surface area contributed by atoms with Gasteiger partial charge in [-0.25, -0.2) is 0 Å². The van der Waals surface area contributed by atoms with Crippen LogP contribution in [0, 0.1) is 5.92 Å². The lowest BCUT2D eigenvalue weighted by Gasteiger charge is -2.25. The highest BCUT2D eigenvalue weighted by atomic mass is 16.3. The van der Waals surface area contributed by atoms with Crippen molar-refractivity contribution < 1.29 is 5.11 Å². The van der Waals surface area contributed by atoms with Gasteiger partial charge in [-0.1, -0.05) is 24.3 Å². The molecule has 3 unspecified atom stereocenters. The summed E-state index contributed by atoms with van der Waals surface area (Å²) in [5.74, 6) is 0.380. The van der Waals surface area contributed by atoms with Gasteiger partial charge in [0.25, 0.3) is 0 Å². The molecule has 2 rings (SSSR count). The van der Waals surface area contributed by atoms with Crippen LogP contribution in [-0.4, -0.2) is 23.8 Å². The molecule has 0 amide bonds. The van der Waals surface area contributed by atoms with Crippen LogP contribution in [0.15, 0.2) is 35.6 Å². The smallest absolute Gasteiger partial charge is 0.0824 e. The Morgan fingerprint density at radius 1 is 1.60 bits per heavy atom. The van der Waals surface area contributed by atoms with Crippen molar-refractivity contribution >= 4 is 0 Å². The third-order valence-electron chi connectivity index (χ3n) is 2.89. The fraction of sp³-hybridized carbons (Fsp3) is 0.500. The minimum Gasteiger partial charge on any atom is -0.390 e. The fourth-order valence-electron chi connectivity index (χ4n) is 2.26. The van der Waals surface area contributed by atoms with E-state index in [9.17, 15) is 0 Å². The zero-order valence-corrected chi connectivity index (χ0v) is 8.98. The molecule has 1 aliphatic heterocycles. The van der Waals surface area contributed by atoms with Gasteiger partial charge < -0.3 is 16.2 Å². The third kappa shape index (κ3) is 2.13. The molecule has 1 aliphatic carbocycles. The van der Waals surface area contributed by atoms with Crippen molar-refractivity contribution in [2.45, 2.75) is 25.4 Å². The van der Waals surface area contributed by atoms with Crippen LogP contribution in [0.5, 0.6) is 0 Å². The van der Waals surface area contributed by atoms with Crippen LogP contribution in [0.1, 0.15) is 13.3 Å². The van der Waals surface area contributed by atoms with E-state index in [-0.39, 0.29) is 12.6 Å². The maximum Gasteiger partial charge on any atom is 0.0824 e. The number of aliphatic hydroxyl groups excluding tert-OH is 1. The van der Waals surface area contributed by atoms with Crippen molar-refractivity contribution in [2.75, 3.05) is 6.61 Å². The van der Waals surface area contributed by atoms with Crippen molar-refractivity contribution in [1.82, 2.24) is 5.32 Å². The highest BCUT2D eigenvalue weighted by Gasteiger charge is 2.29. The summed E-state index contributed by atoms with van der Waals surface area (Å²) < 4.78 is 0. The number of aliphatic hydroxyl groups is 1. The van der Waals surface area contributed by atoms with Gasteiger partial charge in [0.05, 0.1) is 12.6 Å². The Kier molecular flexibility index (Phi) is 2.93. The van der Waals surface area contributed by atoms with Crippen molar-refractivity contribution in [1.29, 1.82) is 0 Å². The van der Waals surface area contributed by atoms with Crippen LogP contribution in [0.4, 0.5) is 0 Å². The number of hydrogen-bond donors (Lipinski definition) is 3. The topological polar surface area (TPSA) is 58.3 Å². The Bertz CT molecular complexity index is 329. The molecule has 0 bridgehead atoms. The lowest BCUT2D eigenvalue weighted by atomic mass is 9.87. The molecule has 1 heterocycles. The van der Waals surface area contributed by atoms with E-state index in [1.165, 1.54) is 5.57 Å². The van der Waals surface area contributed by atoms with Crippen molar-refractivity contribution in [3.8, 4) is 0 Å². The van der Waals surface area contributed by atoms with E-state index in [2.05, 4.69) is 29.6 Å². The largest absolute Gasteiger partial charge is 0.390 e. The maximum atomic E-state index is 9.08. The summed E-state index contributed by atoms with van der Waals surface area (Å²) in [4.78, 5) is 0. The minimum absolute atomic E-state index is 0.0896. The van der Waals surface area contributed by atoms with E-state index in [4.69, 9.17) is 10.8 Å². The number of nitrogens with one attached hydrogen (secondary N) is 1. The molecule has 15 heavy (non-hydrogen) atoms. The summed E-state index contributed by atoms with van der Waals surface area (Å²) in [5.41, 5.74) is 8.07. The van der Waals surface area contributed by atoms with Gasteiger partial charge in [-0.3, -0.25) is 0 Å². The van der Waals surface area contributed by atoms with E-state index >= 15 is 0 Å². The maximum absolute atomic E-state index is 9.08. The second-order valence-electron chi connectivity index (χ2n) is 4.36. The van der Waals surface area contributed by atoms with E-state index in [1.54, 1.807) is 0 Å². The summed E-state index contributed by atoms with van der Waals surface area (Å²) in [6, 6.07) is 0.492. The van der Waals surface area contributed by atoms with Gasteiger partial charge in [0.15, 0.2) is 0 Å². The first-order chi connectivity index (χ1) is 7.20. The van der Waals surface area contributed by atoms with Crippen molar-refractivity contribution in [2.24, 2.45) is 11.7 Å². The molecule has 3 atom stereocenters. The highest BCUT2D eigenvalue weighted by molar-refractivity contribution is 5.35. The highest BCUT2D eigenvalue weighted by Crippen LogP contribution is 2.29. The van der Waals surface area contributed by atoms with E-state index < -0.39 is 0 Å². The summed E-state index contributed by atoms with van der Waals surface area (Å²) in [6.45, 7) is 2.11. The molecule has 4 N–H and O–H groups in total. The average Bonchev–Trinajstić information content (AvgIpc) is 2.61. The molecule has 0 saturated heterocycles. The number of rotatable bonds is 3. The van der Waals surface area contributed by atoms with Crippen molar-refractivity contribution in [3.63, 3.8) is 0 Å². The van der Waals surface area contributed by atoms with Crippen LogP contribution >= 0.6 is 0 Å². The molecular formula is C12H18N2O. The third-order valence-corrected chi connectivity index (χ3v) is 2.89. The number of nitrogens with two attached hydrogens (primary N) is 1. The second-order valence-corrected chi connectivity index (χ2v) is 4.36. The molecule has 0 fully saturated rings. The lowest BCUT2D eigenvalue weighted by Crippen LogP contribution is -2.34. The van der Waals surface area contributed by atoms with Crippen LogP contribution in [0.25, 0.3) is 0 Å². The van der Waals surface area contributed by atoms with Gasteiger partial charge in [0.1, 0.15) is 0 Å². The molecule has 3 nitrogen and oxygen atoms in total. The summed E-state index contributed by atoms with van der Waals surface area (Å²) in [6.07, 6.45) is 9.37. The van der Waals surface area contributed by atoms with Crippen LogP contribution in [0.2, 0.25) is 0 Å². The average molecular weight is 206 g/mol. The summed E-state index contributed by atoms with van der Waals surface area (Å²) in [5, 5.41) is 12.4. The predicted octanol–water partition coefficient (Wildman–Crippen LogP) is 0.684. The number of allylic oxidation sites excluding steroid dienone is 2. The van der Waals surface area contributed by atoms with Crippen LogP contribution in [-0.2, 0) is 0 Å². The Balaban J connectivity index is 2.11. The number of hydrogen-bond acceptors (Lipinski definition) is 3. The SMILES string of the molecule is CC(N)CC1=CC=CC2C=C(CO)NC12. The van der Waals surface area contributed by atoms with Gasteiger partial charge in [-0.2, -0.15) is 0 Å². The lowest BCUT2D eigenvalue weighted by molar-refractivity contribution is 0.321. The summed E-state index contributed by atoms with van der Waals surface area (Å²) >= 11 is 0. The molecule has 0 spiro atoms. The minimum atomic E-state index is 0.0896. The molecule has 2 aliphatic rings. The van der Waals surface area contributed by atoms with Gasteiger partial charge in [0, 0.05) is 17.7 Å². The van der Waals surface area contributed by atoms with E-state index in [0.29, 0.717) is 12.0 Å². The molecule has 0 aromatic heterocycles. The first kappa shape index (κ1) is 10.5. The standard InChI is InChI=1S/C12H18N2O/c1-8(13)5-9-3-2-4-10-6-11(7-15)14-12(9)10/h2-4,6,8,10,12,14-15H,5,7,13H2,1H3. The Morgan fingerprint density at radius 2 is 2.40 bits per heavy atom. The van der Waals surface area contributed by atoms with E-state index in [0.717, 1.165) is 12.1 Å². The predicted molar refractivity (Wildman–Crippen MR) is 61.1 cm³/mol. The van der Waals surface area contributed by atoms with Gasteiger partial charge in [-0.05, 0) is 18.9 Å². The van der Waals surface area contributed by atoms with Crippen LogP contribution in [0.3, 0.4) is 0 Å². The molecule has 0 radical (unpaired) electrons. The molecule has 0 saturated carbocycles. The Morgan fingerprint density at radius 3 is 3.07 bits per heavy atom. The Labute approximate surface area is 90.4 Å². The molecule has 0 aromatic rings. The van der Waals surface area contributed by atoms with Crippen molar-refractivity contribution in [3.05, 3.63) is 35.6 Å². The molecule has 82 valence electrons. The first-order valence-electron chi connectivity index (χ1n) is 5.41. The summed E-state index contributed by atoms with van der Waals surface area (Å²) in [7, 11) is 0. The Hall–Kier alpha value is -1.06. The van der Waals surface area contributed by atoms with Gasteiger partial charge >= 0.3 is 0 Å². The zero-order valence-electron chi connectivity index (χ0n) is 8.98. The van der Waals surface area contributed by atoms with Gasteiger partial charge in [-0.15, -0.1) is 0 Å². The molecule has 3 heteroatoms. The monoisotopic (exact) mass is 206 g/mol. The molecule has 0 aromatic carbocycles. The normalized spacial score (nSPS) is 30.3. The second kappa shape index (κ2) is 4.21. The first-order valence-corrected chi connectivity index (χ1v) is 5.41. The molecular weight excluding hydrogens is 188 g/mol. The number of fused-ring (bicyclic) bond motifs is 1. The van der Waals surface area contributed by atoms with E-state index in [1.807, 2.05) is 6.92 Å². The quantitative estimate of drug-likeness (QED) is 0.636. The zero-order chi connectivity index (χ0) is 10.8. The van der Waals surface area contributed by atoms with Gasteiger partial charge in [0.2, 0.25) is 0 Å².